The van der Waals surface area contributed by atoms with Crippen LogP contribution >= 0.6 is 0 Å². The third-order valence-corrected chi connectivity index (χ3v) is 4.47. The van der Waals surface area contributed by atoms with Gasteiger partial charge in [0, 0.05) is 22.8 Å². The Bertz CT molecular complexity index is 1040. The summed E-state index contributed by atoms with van der Waals surface area (Å²) >= 11 is 0. The summed E-state index contributed by atoms with van der Waals surface area (Å²) in [5.41, 5.74) is 3.89. The normalized spacial score (nSPS) is 10.5. The number of aromatic nitrogens is 1. The number of nitrogens with one attached hydrogen (secondary N) is 3. The smallest absolute Gasteiger partial charge is 0.340 e. The minimum atomic E-state index is -0.604. The van der Waals surface area contributed by atoms with Crippen LogP contribution in [0.1, 0.15) is 21.5 Å². The van der Waals surface area contributed by atoms with E-state index >= 15 is 0 Å². The van der Waals surface area contributed by atoms with Crippen LogP contribution in [0.25, 0.3) is 10.9 Å². The lowest BCUT2D eigenvalue weighted by Gasteiger charge is -2.11. The van der Waals surface area contributed by atoms with E-state index in [9.17, 15) is 14.4 Å². The fourth-order valence-corrected chi connectivity index (χ4v) is 2.76. The van der Waals surface area contributed by atoms with Gasteiger partial charge >= 0.3 is 5.97 Å². The van der Waals surface area contributed by atoms with Crippen LogP contribution in [0, 0.1) is 13.8 Å². The van der Waals surface area contributed by atoms with Crippen LogP contribution < -0.4 is 10.6 Å². The Hall–Kier alpha value is -3.61. The van der Waals surface area contributed by atoms with Gasteiger partial charge in [0.1, 0.15) is 0 Å². The molecule has 28 heavy (non-hydrogen) atoms. The highest BCUT2D eigenvalue weighted by Crippen LogP contribution is 2.19. The number of aryl methyl sites for hydroxylation is 1. The van der Waals surface area contributed by atoms with Crippen LogP contribution in [-0.4, -0.2) is 35.9 Å². The molecular weight excluding hydrogens is 358 g/mol. The Morgan fingerprint density at radius 1 is 1.00 bits per heavy atom. The molecule has 144 valence electrons. The molecule has 0 bridgehead atoms. The molecule has 3 N–H and O–H groups in total. The summed E-state index contributed by atoms with van der Waals surface area (Å²) in [7, 11) is 0. The predicted octanol–water partition coefficient (Wildman–Crippen LogP) is 2.70. The lowest BCUT2D eigenvalue weighted by molar-refractivity contribution is -0.126. The van der Waals surface area contributed by atoms with E-state index in [0.717, 1.165) is 22.0 Å². The molecule has 2 amide bonds. The largest absolute Gasteiger partial charge is 0.452 e. The number of benzene rings is 2. The number of amides is 2. The van der Waals surface area contributed by atoms with Crippen molar-refractivity contribution < 1.29 is 19.1 Å². The van der Waals surface area contributed by atoms with Gasteiger partial charge in [-0.25, -0.2) is 4.79 Å². The zero-order valence-electron chi connectivity index (χ0n) is 15.7. The van der Waals surface area contributed by atoms with Crippen LogP contribution in [0.15, 0.2) is 48.7 Å². The topological polar surface area (TPSA) is 100 Å². The number of rotatable bonds is 6. The van der Waals surface area contributed by atoms with Gasteiger partial charge in [-0.2, -0.15) is 0 Å². The quantitative estimate of drug-likeness (QED) is 0.573. The van der Waals surface area contributed by atoms with Gasteiger partial charge in [-0.05, 0) is 37.1 Å². The van der Waals surface area contributed by atoms with E-state index in [1.165, 1.54) is 0 Å². The molecule has 0 saturated heterocycles. The van der Waals surface area contributed by atoms with Crippen LogP contribution in [0.5, 0.6) is 0 Å². The zero-order valence-corrected chi connectivity index (χ0v) is 15.7. The van der Waals surface area contributed by atoms with Gasteiger partial charge in [0.25, 0.3) is 5.91 Å². The Balaban J connectivity index is 1.47. The third kappa shape index (κ3) is 4.37. The summed E-state index contributed by atoms with van der Waals surface area (Å²) in [6.07, 6.45) is 1.54. The minimum Gasteiger partial charge on any atom is -0.452 e. The van der Waals surface area contributed by atoms with Crippen LogP contribution in [0.2, 0.25) is 0 Å². The van der Waals surface area contributed by atoms with Crippen molar-refractivity contribution in [3.8, 4) is 0 Å². The summed E-state index contributed by atoms with van der Waals surface area (Å²) in [4.78, 5) is 39.0. The molecule has 0 spiro atoms. The van der Waals surface area contributed by atoms with Crippen LogP contribution in [-0.2, 0) is 14.3 Å². The highest BCUT2D eigenvalue weighted by Gasteiger charge is 2.15. The molecule has 0 atom stereocenters. The maximum Gasteiger partial charge on any atom is 0.340 e. The molecule has 0 unspecified atom stereocenters. The number of hydrogen-bond acceptors (Lipinski definition) is 4. The summed E-state index contributed by atoms with van der Waals surface area (Å²) < 4.78 is 5.04. The van der Waals surface area contributed by atoms with Crippen molar-refractivity contribution in [2.75, 3.05) is 18.5 Å². The second-order valence-corrected chi connectivity index (χ2v) is 6.40. The van der Waals surface area contributed by atoms with Crippen LogP contribution in [0.3, 0.4) is 0 Å². The average Bonchev–Trinajstić information content (AvgIpc) is 3.12. The summed E-state index contributed by atoms with van der Waals surface area (Å²) in [6.45, 7) is 3.19. The van der Waals surface area contributed by atoms with Crippen molar-refractivity contribution in [1.29, 1.82) is 0 Å². The Labute approximate surface area is 162 Å². The maximum atomic E-state index is 12.2. The van der Waals surface area contributed by atoms with Gasteiger partial charge in [-0.1, -0.05) is 30.3 Å². The lowest BCUT2D eigenvalue weighted by atomic mass is 10.1. The number of fused-ring (bicyclic) bond motifs is 1. The van der Waals surface area contributed by atoms with Crippen molar-refractivity contribution in [2.24, 2.45) is 0 Å². The molecule has 7 nitrogen and oxygen atoms in total. The van der Waals surface area contributed by atoms with Crippen molar-refractivity contribution in [1.82, 2.24) is 10.3 Å². The fraction of sp³-hybridized carbons (Fsp3) is 0.190. The molecule has 0 fully saturated rings. The van der Waals surface area contributed by atoms with Gasteiger partial charge in [0.05, 0.1) is 12.1 Å². The number of hydrogen-bond donors (Lipinski definition) is 3. The number of anilines is 1. The molecule has 0 aliphatic heterocycles. The minimum absolute atomic E-state index is 0.211. The van der Waals surface area contributed by atoms with Gasteiger partial charge in [0.15, 0.2) is 6.61 Å². The summed E-state index contributed by atoms with van der Waals surface area (Å²) in [5, 5.41) is 5.91. The molecule has 0 aliphatic carbocycles. The molecule has 0 saturated carbocycles. The molecule has 3 rings (SSSR count). The van der Waals surface area contributed by atoms with Gasteiger partial charge in [-0.15, -0.1) is 0 Å². The van der Waals surface area contributed by atoms with Crippen molar-refractivity contribution in [3.05, 3.63) is 65.4 Å². The van der Waals surface area contributed by atoms with E-state index in [1.807, 2.05) is 44.2 Å². The number of carbonyl (C=O) groups is 3. The first-order valence-corrected chi connectivity index (χ1v) is 8.81. The SMILES string of the molecule is Cc1cccc(NC(=O)CNC(=O)COC(=O)c2c[nH]c3ccccc23)c1C. The first-order chi connectivity index (χ1) is 13.5. The summed E-state index contributed by atoms with van der Waals surface area (Å²) in [6, 6.07) is 12.9. The zero-order chi connectivity index (χ0) is 20.1. The highest BCUT2D eigenvalue weighted by atomic mass is 16.5. The van der Waals surface area contributed by atoms with Crippen molar-refractivity contribution >= 4 is 34.4 Å². The molecular formula is C21H21N3O4. The number of esters is 1. The second kappa shape index (κ2) is 8.39. The van der Waals surface area contributed by atoms with E-state index in [4.69, 9.17) is 4.74 Å². The molecule has 0 radical (unpaired) electrons. The Kier molecular flexibility index (Phi) is 5.74. The molecule has 7 heteroatoms. The molecule has 2 aromatic carbocycles. The van der Waals surface area contributed by atoms with Gasteiger partial charge in [0.2, 0.25) is 5.91 Å². The van der Waals surface area contributed by atoms with E-state index in [1.54, 1.807) is 18.3 Å². The van der Waals surface area contributed by atoms with E-state index in [2.05, 4.69) is 15.6 Å². The molecule has 3 aromatic rings. The van der Waals surface area contributed by atoms with E-state index < -0.39 is 18.5 Å². The van der Waals surface area contributed by atoms with E-state index in [-0.39, 0.29) is 12.5 Å². The monoisotopic (exact) mass is 379 g/mol. The predicted molar refractivity (Wildman–Crippen MR) is 106 cm³/mol. The highest BCUT2D eigenvalue weighted by molar-refractivity contribution is 6.04. The first kappa shape index (κ1) is 19.2. The number of H-pyrrole nitrogens is 1. The van der Waals surface area contributed by atoms with Crippen molar-refractivity contribution in [3.63, 3.8) is 0 Å². The average molecular weight is 379 g/mol. The van der Waals surface area contributed by atoms with Crippen LogP contribution in [0.4, 0.5) is 5.69 Å². The Morgan fingerprint density at radius 3 is 2.61 bits per heavy atom. The summed E-state index contributed by atoms with van der Waals surface area (Å²) in [5.74, 6) is -1.51. The molecule has 1 aromatic heterocycles. The second-order valence-electron chi connectivity index (χ2n) is 6.40. The number of aromatic amines is 1. The molecule has 1 heterocycles. The van der Waals surface area contributed by atoms with Crippen molar-refractivity contribution in [2.45, 2.75) is 13.8 Å². The fourth-order valence-electron chi connectivity index (χ4n) is 2.76. The maximum absolute atomic E-state index is 12.2. The molecule has 0 aliphatic rings. The number of ether oxygens (including phenoxy) is 1. The van der Waals surface area contributed by atoms with Gasteiger partial charge < -0.3 is 20.4 Å². The number of carbonyl (C=O) groups excluding carboxylic acids is 3. The third-order valence-electron chi connectivity index (χ3n) is 4.47. The lowest BCUT2D eigenvalue weighted by Crippen LogP contribution is -2.35. The van der Waals surface area contributed by atoms with Gasteiger partial charge in [-0.3, -0.25) is 9.59 Å². The standard InChI is InChI=1S/C21H21N3O4/c1-13-6-5-9-17(14(13)2)24-19(25)11-23-20(26)12-28-21(27)16-10-22-18-8-4-3-7-15(16)18/h3-10,22H,11-12H2,1-2H3,(H,23,26)(H,24,25). The number of para-hydroxylation sites is 1. The van der Waals surface area contributed by atoms with E-state index in [0.29, 0.717) is 11.3 Å². The Morgan fingerprint density at radius 2 is 1.79 bits per heavy atom. The first-order valence-electron chi connectivity index (χ1n) is 8.81.